The first-order chi connectivity index (χ1) is 8.65. The molecule has 2 N–H and O–H groups in total. The zero-order valence-corrected chi connectivity index (χ0v) is 11.6. The lowest BCUT2D eigenvalue weighted by Gasteiger charge is -2.47. The number of hydrogen-bond acceptors (Lipinski definition) is 3. The fourth-order valence-electron chi connectivity index (χ4n) is 3.25. The molecular formula is C15H25N3. The number of likely N-dealkylation sites (N-methyl/N-ethyl adjacent to an activating group) is 1. The molecule has 0 aliphatic heterocycles. The molecule has 0 radical (unpaired) electrons. The second-order valence-corrected chi connectivity index (χ2v) is 5.69. The van der Waals surface area contributed by atoms with Gasteiger partial charge in [0.05, 0.1) is 0 Å². The number of hydrogen-bond donors (Lipinski definition) is 1. The van der Waals surface area contributed by atoms with Gasteiger partial charge in [-0.25, -0.2) is 0 Å². The van der Waals surface area contributed by atoms with Gasteiger partial charge < -0.3 is 10.6 Å². The van der Waals surface area contributed by atoms with Crippen LogP contribution in [0.15, 0.2) is 24.4 Å². The molecule has 0 aromatic carbocycles. The third-order valence-corrected chi connectivity index (χ3v) is 4.46. The van der Waals surface area contributed by atoms with Gasteiger partial charge in [-0.3, -0.25) is 4.98 Å². The molecule has 1 aromatic rings. The Balaban J connectivity index is 2.11. The maximum Gasteiger partial charge on any atom is 0.0419 e. The van der Waals surface area contributed by atoms with E-state index in [9.17, 15) is 0 Å². The number of pyridine rings is 1. The molecule has 1 unspecified atom stereocenters. The van der Waals surface area contributed by atoms with Crippen LogP contribution in [0.5, 0.6) is 0 Å². The predicted octanol–water partition coefficient (Wildman–Crippen LogP) is 2.22. The van der Waals surface area contributed by atoms with Crippen molar-refractivity contribution in [1.29, 1.82) is 0 Å². The SMILES string of the molecule is CN(C)C1(C(N)Cc2ccccn2)CCCCC1. The first-order valence-corrected chi connectivity index (χ1v) is 6.98. The maximum absolute atomic E-state index is 6.53. The van der Waals surface area contributed by atoms with E-state index in [0.717, 1.165) is 12.1 Å². The molecule has 1 saturated carbocycles. The Kier molecular flexibility index (Phi) is 4.36. The van der Waals surface area contributed by atoms with E-state index in [-0.39, 0.29) is 11.6 Å². The Bertz CT molecular complexity index is 355. The van der Waals surface area contributed by atoms with Crippen molar-refractivity contribution in [2.75, 3.05) is 14.1 Å². The van der Waals surface area contributed by atoms with Gasteiger partial charge in [0.2, 0.25) is 0 Å². The van der Waals surface area contributed by atoms with Crippen molar-refractivity contribution in [3.63, 3.8) is 0 Å². The molecule has 18 heavy (non-hydrogen) atoms. The molecule has 1 aliphatic carbocycles. The average molecular weight is 247 g/mol. The van der Waals surface area contributed by atoms with Crippen LogP contribution in [0, 0.1) is 0 Å². The summed E-state index contributed by atoms with van der Waals surface area (Å²) in [4.78, 5) is 6.75. The third-order valence-electron chi connectivity index (χ3n) is 4.46. The molecule has 3 nitrogen and oxygen atoms in total. The van der Waals surface area contributed by atoms with Crippen LogP contribution < -0.4 is 5.73 Å². The van der Waals surface area contributed by atoms with Gasteiger partial charge >= 0.3 is 0 Å². The minimum atomic E-state index is 0.162. The van der Waals surface area contributed by atoms with E-state index in [1.807, 2.05) is 18.3 Å². The highest BCUT2D eigenvalue weighted by atomic mass is 15.2. The zero-order chi connectivity index (χ0) is 13.0. The lowest BCUT2D eigenvalue weighted by molar-refractivity contribution is 0.0712. The van der Waals surface area contributed by atoms with Crippen molar-refractivity contribution in [3.8, 4) is 0 Å². The Labute approximate surface area is 110 Å². The van der Waals surface area contributed by atoms with E-state index in [0.29, 0.717) is 0 Å². The molecule has 1 fully saturated rings. The highest BCUT2D eigenvalue weighted by Gasteiger charge is 2.39. The molecule has 2 rings (SSSR count). The third kappa shape index (κ3) is 2.73. The van der Waals surface area contributed by atoms with Crippen molar-refractivity contribution < 1.29 is 0 Å². The molecular weight excluding hydrogens is 222 g/mol. The average Bonchev–Trinajstić information content (AvgIpc) is 2.40. The smallest absolute Gasteiger partial charge is 0.0419 e. The Morgan fingerprint density at radius 2 is 2.00 bits per heavy atom. The van der Waals surface area contributed by atoms with E-state index in [2.05, 4.69) is 30.0 Å². The summed E-state index contributed by atoms with van der Waals surface area (Å²) >= 11 is 0. The Morgan fingerprint density at radius 3 is 2.56 bits per heavy atom. The van der Waals surface area contributed by atoms with E-state index in [1.54, 1.807) is 0 Å². The summed E-state index contributed by atoms with van der Waals surface area (Å²) in [5.74, 6) is 0. The molecule has 0 bridgehead atoms. The van der Waals surface area contributed by atoms with Gasteiger partial charge in [-0.15, -0.1) is 0 Å². The molecule has 1 atom stereocenters. The van der Waals surface area contributed by atoms with E-state index in [1.165, 1.54) is 32.1 Å². The second kappa shape index (κ2) is 5.81. The van der Waals surface area contributed by atoms with Crippen LogP contribution in [0.3, 0.4) is 0 Å². The number of nitrogens with two attached hydrogens (primary N) is 1. The van der Waals surface area contributed by atoms with E-state index < -0.39 is 0 Å². The van der Waals surface area contributed by atoms with Crippen molar-refractivity contribution >= 4 is 0 Å². The van der Waals surface area contributed by atoms with Crippen molar-refractivity contribution in [2.45, 2.75) is 50.1 Å². The fraction of sp³-hybridized carbons (Fsp3) is 0.667. The van der Waals surface area contributed by atoms with Crippen LogP contribution in [0.4, 0.5) is 0 Å². The minimum Gasteiger partial charge on any atom is -0.326 e. The minimum absolute atomic E-state index is 0.162. The lowest BCUT2D eigenvalue weighted by atomic mass is 9.74. The highest BCUT2D eigenvalue weighted by Crippen LogP contribution is 2.35. The van der Waals surface area contributed by atoms with Gasteiger partial charge in [0.1, 0.15) is 0 Å². The van der Waals surface area contributed by atoms with Gasteiger partial charge in [-0.2, -0.15) is 0 Å². The molecule has 1 heterocycles. The first kappa shape index (κ1) is 13.5. The molecule has 0 spiro atoms. The number of rotatable bonds is 4. The van der Waals surface area contributed by atoms with Gasteiger partial charge in [-0.05, 0) is 39.1 Å². The highest BCUT2D eigenvalue weighted by molar-refractivity contribution is 5.09. The molecule has 3 heteroatoms. The van der Waals surface area contributed by atoms with Crippen LogP contribution in [0.2, 0.25) is 0 Å². The monoisotopic (exact) mass is 247 g/mol. The molecule has 100 valence electrons. The van der Waals surface area contributed by atoms with Crippen LogP contribution in [-0.4, -0.2) is 35.6 Å². The summed E-state index contributed by atoms with van der Waals surface area (Å²) in [6.45, 7) is 0. The van der Waals surface area contributed by atoms with Crippen molar-refractivity contribution in [1.82, 2.24) is 9.88 Å². The molecule has 1 aliphatic rings. The lowest BCUT2D eigenvalue weighted by Crippen LogP contribution is -2.59. The summed E-state index contributed by atoms with van der Waals surface area (Å²) in [6, 6.07) is 6.24. The maximum atomic E-state index is 6.53. The summed E-state index contributed by atoms with van der Waals surface area (Å²) < 4.78 is 0. The number of nitrogens with zero attached hydrogens (tertiary/aromatic N) is 2. The topological polar surface area (TPSA) is 42.1 Å². The van der Waals surface area contributed by atoms with E-state index in [4.69, 9.17) is 5.73 Å². The summed E-state index contributed by atoms with van der Waals surface area (Å²) in [5, 5.41) is 0. The van der Waals surface area contributed by atoms with Crippen molar-refractivity contribution in [3.05, 3.63) is 30.1 Å². The summed E-state index contributed by atoms with van der Waals surface area (Å²) in [6.07, 6.45) is 9.11. The zero-order valence-electron chi connectivity index (χ0n) is 11.6. The van der Waals surface area contributed by atoms with Gasteiger partial charge in [0.15, 0.2) is 0 Å². The first-order valence-electron chi connectivity index (χ1n) is 6.98. The Morgan fingerprint density at radius 1 is 1.28 bits per heavy atom. The van der Waals surface area contributed by atoms with Crippen LogP contribution in [0.25, 0.3) is 0 Å². The second-order valence-electron chi connectivity index (χ2n) is 5.69. The predicted molar refractivity (Wildman–Crippen MR) is 75.4 cm³/mol. The fourth-order valence-corrected chi connectivity index (χ4v) is 3.25. The van der Waals surface area contributed by atoms with Crippen molar-refractivity contribution in [2.24, 2.45) is 5.73 Å². The number of aromatic nitrogens is 1. The van der Waals surface area contributed by atoms with E-state index >= 15 is 0 Å². The van der Waals surface area contributed by atoms with Crippen LogP contribution in [-0.2, 0) is 6.42 Å². The van der Waals surface area contributed by atoms with Gasteiger partial charge in [-0.1, -0.05) is 25.3 Å². The van der Waals surface area contributed by atoms with Crippen LogP contribution >= 0.6 is 0 Å². The standard InChI is InChI=1S/C15H25N3/c1-18(2)15(9-5-3-6-10-15)14(16)12-13-8-4-7-11-17-13/h4,7-8,11,14H,3,5-6,9-10,12,16H2,1-2H3. The Hall–Kier alpha value is -0.930. The molecule has 0 amide bonds. The quantitative estimate of drug-likeness (QED) is 0.887. The van der Waals surface area contributed by atoms with Gasteiger partial charge in [0, 0.05) is 29.9 Å². The normalized spacial score (nSPS) is 20.9. The summed E-state index contributed by atoms with van der Waals surface area (Å²) in [7, 11) is 4.34. The summed E-state index contributed by atoms with van der Waals surface area (Å²) in [5.41, 5.74) is 7.81. The largest absolute Gasteiger partial charge is 0.326 e. The van der Waals surface area contributed by atoms with Crippen LogP contribution in [0.1, 0.15) is 37.8 Å². The van der Waals surface area contributed by atoms with Gasteiger partial charge in [0.25, 0.3) is 0 Å². The molecule has 1 aromatic heterocycles. The molecule has 0 saturated heterocycles.